The normalized spacial score (nSPS) is 11.6. The van der Waals surface area contributed by atoms with Crippen molar-refractivity contribution in [3.63, 3.8) is 0 Å². The van der Waals surface area contributed by atoms with Gasteiger partial charge in [-0.2, -0.15) is 4.98 Å². The van der Waals surface area contributed by atoms with Crippen molar-refractivity contribution in [2.75, 3.05) is 6.26 Å². The van der Waals surface area contributed by atoms with Crippen LogP contribution < -0.4 is 4.43 Å². The summed E-state index contributed by atoms with van der Waals surface area (Å²) in [4.78, 5) is 8.83. The molecule has 1 aromatic rings. The first kappa shape index (κ1) is 13.5. The van der Waals surface area contributed by atoms with E-state index < -0.39 is 8.32 Å². The molecule has 16 heavy (non-hydrogen) atoms. The zero-order valence-corrected chi connectivity index (χ0v) is 12.5. The molecule has 0 aliphatic rings. The summed E-state index contributed by atoms with van der Waals surface area (Å²) in [5.41, 5.74) is 1.08. The fraction of sp³-hybridized carbons (Fsp3) is 0.636. The fourth-order valence-corrected chi connectivity index (χ4v) is 2.32. The molecule has 1 rings (SSSR count). The highest BCUT2D eigenvalue weighted by Crippen LogP contribution is 2.19. The second-order valence-electron chi connectivity index (χ2n) is 4.65. The SMILES string of the molecule is CCCc1cc(SC)nc(O[Si](C)(C)C)n1. The fourth-order valence-electron chi connectivity index (χ4n) is 1.26. The number of hydrogen-bond donors (Lipinski definition) is 0. The van der Waals surface area contributed by atoms with Crippen molar-refractivity contribution in [2.24, 2.45) is 0 Å². The lowest BCUT2D eigenvalue weighted by Crippen LogP contribution is -2.30. The molecule has 3 nitrogen and oxygen atoms in total. The van der Waals surface area contributed by atoms with Crippen LogP contribution in [0.15, 0.2) is 11.1 Å². The Hall–Kier alpha value is -0.553. The molecule has 1 heterocycles. The lowest BCUT2D eigenvalue weighted by molar-refractivity contribution is 0.498. The summed E-state index contributed by atoms with van der Waals surface area (Å²) in [5, 5.41) is 0.992. The molecule has 0 radical (unpaired) electrons. The third-order valence-electron chi connectivity index (χ3n) is 1.85. The molecule has 0 amide bonds. The first-order valence-electron chi connectivity index (χ1n) is 5.55. The van der Waals surface area contributed by atoms with E-state index in [2.05, 4.69) is 36.5 Å². The van der Waals surface area contributed by atoms with Gasteiger partial charge in [-0.3, -0.25) is 0 Å². The smallest absolute Gasteiger partial charge is 0.303 e. The van der Waals surface area contributed by atoms with Crippen LogP contribution in [0, 0.1) is 0 Å². The standard InChI is InChI=1S/C11H20N2OSSi/c1-6-7-9-8-10(15-2)13-11(12-9)14-16(3,4)5/h8H,6-7H2,1-5H3. The van der Waals surface area contributed by atoms with Gasteiger partial charge in [0, 0.05) is 5.69 Å². The van der Waals surface area contributed by atoms with Gasteiger partial charge >= 0.3 is 6.01 Å². The molecule has 5 heteroatoms. The molecule has 0 bridgehead atoms. The molecule has 90 valence electrons. The van der Waals surface area contributed by atoms with E-state index in [1.165, 1.54) is 0 Å². The first-order valence-corrected chi connectivity index (χ1v) is 10.2. The molecule has 0 aliphatic carbocycles. The molecule has 0 N–H and O–H groups in total. The Morgan fingerprint density at radius 2 is 2.00 bits per heavy atom. The van der Waals surface area contributed by atoms with Crippen molar-refractivity contribution in [3.05, 3.63) is 11.8 Å². The summed E-state index contributed by atoms with van der Waals surface area (Å²) in [6.45, 7) is 8.57. The number of aromatic nitrogens is 2. The van der Waals surface area contributed by atoms with E-state index >= 15 is 0 Å². The summed E-state index contributed by atoms with van der Waals surface area (Å²) in [6.07, 6.45) is 4.10. The highest BCUT2D eigenvalue weighted by Gasteiger charge is 2.18. The monoisotopic (exact) mass is 256 g/mol. The number of nitrogens with zero attached hydrogens (tertiary/aromatic N) is 2. The highest BCUT2D eigenvalue weighted by molar-refractivity contribution is 7.98. The molecule has 0 unspecified atom stereocenters. The second-order valence-corrected chi connectivity index (χ2v) is 9.90. The van der Waals surface area contributed by atoms with E-state index in [9.17, 15) is 0 Å². The van der Waals surface area contributed by atoms with Crippen LogP contribution in [0.25, 0.3) is 0 Å². The summed E-state index contributed by atoms with van der Waals surface area (Å²) in [7, 11) is -1.61. The Bertz CT molecular complexity index is 352. The van der Waals surface area contributed by atoms with Crippen LogP contribution in [-0.4, -0.2) is 24.5 Å². The van der Waals surface area contributed by atoms with E-state index in [1.807, 2.05) is 12.3 Å². The Labute approximate surface area is 103 Å². The molecular formula is C11H20N2OSSi. The van der Waals surface area contributed by atoms with Crippen LogP contribution >= 0.6 is 11.8 Å². The van der Waals surface area contributed by atoms with Gasteiger partial charge in [-0.05, 0) is 38.4 Å². The lowest BCUT2D eigenvalue weighted by Gasteiger charge is -2.18. The average molecular weight is 256 g/mol. The molecule has 1 aromatic heterocycles. The van der Waals surface area contributed by atoms with E-state index in [-0.39, 0.29) is 0 Å². The maximum atomic E-state index is 5.83. The van der Waals surface area contributed by atoms with Gasteiger partial charge in [-0.1, -0.05) is 13.3 Å². The minimum Gasteiger partial charge on any atom is -0.518 e. The van der Waals surface area contributed by atoms with Crippen LogP contribution in [0.1, 0.15) is 19.0 Å². The Balaban J connectivity index is 2.95. The quantitative estimate of drug-likeness (QED) is 0.460. The number of aryl methyl sites for hydroxylation is 1. The van der Waals surface area contributed by atoms with E-state index in [0.717, 1.165) is 23.6 Å². The second kappa shape index (κ2) is 5.68. The zero-order valence-electron chi connectivity index (χ0n) is 10.7. The van der Waals surface area contributed by atoms with Crippen molar-refractivity contribution in [3.8, 4) is 6.01 Å². The summed E-state index contributed by atoms with van der Waals surface area (Å²) < 4.78 is 5.83. The maximum Gasteiger partial charge on any atom is 0.303 e. The zero-order chi connectivity index (χ0) is 12.2. The highest BCUT2D eigenvalue weighted by atomic mass is 32.2. The summed E-state index contributed by atoms with van der Waals surface area (Å²) in [5.74, 6) is 0. The van der Waals surface area contributed by atoms with Gasteiger partial charge in [0.25, 0.3) is 0 Å². The average Bonchev–Trinajstić information content (AvgIpc) is 2.15. The van der Waals surface area contributed by atoms with Gasteiger partial charge in [0.15, 0.2) is 0 Å². The van der Waals surface area contributed by atoms with E-state index in [0.29, 0.717) is 6.01 Å². The van der Waals surface area contributed by atoms with Crippen molar-refractivity contribution < 1.29 is 4.43 Å². The van der Waals surface area contributed by atoms with Crippen LogP contribution in [0.4, 0.5) is 0 Å². The Morgan fingerprint density at radius 3 is 2.50 bits per heavy atom. The van der Waals surface area contributed by atoms with Gasteiger partial charge in [-0.15, -0.1) is 11.8 Å². The van der Waals surface area contributed by atoms with Crippen molar-refractivity contribution in [1.29, 1.82) is 0 Å². The van der Waals surface area contributed by atoms with Gasteiger partial charge in [0.1, 0.15) is 5.03 Å². The number of rotatable bonds is 5. The molecular weight excluding hydrogens is 236 g/mol. The van der Waals surface area contributed by atoms with Crippen LogP contribution in [-0.2, 0) is 6.42 Å². The Kier molecular flexibility index (Phi) is 4.80. The summed E-state index contributed by atoms with van der Waals surface area (Å²) >= 11 is 1.63. The maximum absolute atomic E-state index is 5.83. The number of hydrogen-bond acceptors (Lipinski definition) is 4. The Morgan fingerprint density at radius 1 is 1.31 bits per heavy atom. The molecule has 0 spiro atoms. The van der Waals surface area contributed by atoms with Gasteiger partial charge in [0.2, 0.25) is 8.32 Å². The minimum atomic E-state index is -1.61. The van der Waals surface area contributed by atoms with Gasteiger partial charge < -0.3 is 4.43 Å². The molecule has 0 aromatic carbocycles. The largest absolute Gasteiger partial charge is 0.518 e. The van der Waals surface area contributed by atoms with E-state index in [1.54, 1.807) is 11.8 Å². The van der Waals surface area contributed by atoms with Crippen LogP contribution in [0.2, 0.25) is 19.6 Å². The third kappa shape index (κ3) is 4.53. The topological polar surface area (TPSA) is 35.0 Å². The van der Waals surface area contributed by atoms with Crippen molar-refractivity contribution in [2.45, 2.75) is 44.4 Å². The molecule has 0 saturated heterocycles. The molecule has 0 fully saturated rings. The number of thioether (sulfide) groups is 1. The van der Waals surface area contributed by atoms with Gasteiger partial charge in [0.05, 0.1) is 0 Å². The predicted octanol–water partition coefficient (Wildman–Crippen LogP) is 3.36. The first-order chi connectivity index (χ1) is 7.44. The molecule has 0 atom stereocenters. The summed E-state index contributed by atoms with van der Waals surface area (Å²) in [6, 6.07) is 2.60. The van der Waals surface area contributed by atoms with Crippen molar-refractivity contribution in [1.82, 2.24) is 9.97 Å². The van der Waals surface area contributed by atoms with Crippen LogP contribution in [0.3, 0.4) is 0 Å². The van der Waals surface area contributed by atoms with Crippen LogP contribution in [0.5, 0.6) is 6.01 Å². The predicted molar refractivity (Wildman–Crippen MR) is 71.8 cm³/mol. The van der Waals surface area contributed by atoms with Gasteiger partial charge in [-0.25, -0.2) is 4.98 Å². The molecule has 0 saturated carbocycles. The minimum absolute atomic E-state index is 0.550. The third-order valence-corrected chi connectivity index (χ3v) is 3.27. The van der Waals surface area contributed by atoms with Crippen molar-refractivity contribution >= 4 is 20.1 Å². The lowest BCUT2D eigenvalue weighted by atomic mass is 10.2. The van der Waals surface area contributed by atoms with E-state index in [4.69, 9.17) is 4.43 Å². The molecule has 0 aliphatic heterocycles.